The smallest absolute Gasteiger partial charge is 0.256 e. The number of rotatable bonds is 5. The molecule has 35 heavy (non-hydrogen) atoms. The van der Waals surface area contributed by atoms with E-state index in [-0.39, 0.29) is 5.91 Å². The van der Waals surface area contributed by atoms with Gasteiger partial charge in [0.25, 0.3) is 5.91 Å². The van der Waals surface area contributed by atoms with Crippen molar-refractivity contribution < 1.29 is 4.79 Å². The van der Waals surface area contributed by atoms with Gasteiger partial charge in [-0.2, -0.15) is 0 Å². The maximum Gasteiger partial charge on any atom is 0.256 e. The average Bonchev–Trinajstić information content (AvgIpc) is 3.63. The van der Waals surface area contributed by atoms with Crippen LogP contribution in [0.3, 0.4) is 0 Å². The van der Waals surface area contributed by atoms with Crippen LogP contribution in [0.15, 0.2) is 72.9 Å². The third kappa shape index (κ3) is 4.19. The largest absolute Gasteiger partial charge is 0.368 e. The molecule has 1 saturated heterocycles. The molecule has 0 aromatic carbocycles. The van der Waals surface area contributed by atoms with E-state index >= 15 is 0 Å². The molecule has 0 saturated carbocycles. The molecule has 5 aromatic heterocycles. The summed E-state index contributed by atoms with van der Waals surface area (Å²) in [7, 11) is 0. The zero-order valence-corrected chi connectivity index (χ0v) is 20.2. The molecule has 1 aliphatic heterocycles. The zero-order chi connectivity index (χ0) is 23.8. The third-order valence-corrected chi connectivity index (χ3v) is 7.23. The number of piperazine rings is 1. The van der Waals surface area contributed by atoms with E-state index in [2.05, 4.69) is 29.6 Å². The van der Waals surface area contributed by atoms with Crippen LogP contribution in [0.5, 0.6) is 0 Å². The molecular formula is C26H25N7OS. The van der Waals surface area contributed by atoms with E-state index in [0.29, 0.717) is 25.2 Å². The third-order valence-electron chi connectivity index (χ3n) is 6.41. The number of fused-ring (bicyclic) bond motifs is 1. The van der Waals surface area contributed by atoms with Crippen LogP contribution in [-0.2, 0) is 6.54 Å². The van der Waals surface area contributed by atoms with Crippen molar-refractivity contribution in [1.29, 1.82) is 0 Å². The van der Waals surface area contributed by atoms with Crippen LogP contribution in [0.25, 0.3) is 16.9 Å². The number of carbonyl (C=O) groups excluding carboxylic acids is 1. The van der Waals surface area contributed by atoms with E-state index in [4.69, 9.17) is 0 Å². The lowest BCUT2D eigenvalue weighted by Gasteiger charge is -2.36. The van der Waals surface area contributed by atoms with Gasteiger partial charge in [0.1, 0.15) is 5.69 Å². The molecule has 176 valence electrons. The van der Waals surface area contributed by atoms with Gasteiger partial charge < -0.3 is 18.8 Å². The molecule has 0 unspecified atom stereocenters. The minimum absolute atomic E-state index is 0.0618. The number of aromatic nitrogens is 5. The summed E-state index contributed by atoms with van der Waals surface area (Å²) < 4.78 is 4.09. The lowest BCUT2D eigenvalue weighted by Crippen LogP contribution is -2.48. The fourth-order valence-electron chi connectivity index (χ4n) is 4.66. The second-order valence-electron chi connectivity index (χ2n) is 8.67. The highest BCUT2D eigenvalue weighted by Crippen LogP contribution is 2.27. The van der Waals surface area contributed by atoms with Crippen molar-refractivity contribution in [3.05, 3.63) is 89.2 Å². The fourth-order valence-corrected chi connectivity index (χ4v) is 5.27. The Balaban J connectivity index is 1.25. The monoisotopic (exact) mass is 483 g/mol. The predicted octanol–water partition coefficient (Wildman–Crippen LogP) is 3.97. The topological polar surface area (TPSA) is 71.6 Å². The molecule has 8 nitrogen and oxygen atoms in total. The Morgan fingerprint density at radius 3 is 2.69 bits per heavy atom. The molecule has 0 bridgehead atoms. The van der Waals surface area contributed by atoms with Crippen LogP contribution in [0, 0.1) is 6.92 Å². The normalized spacial score (nSPS) is 14.1. The Bertz CT molecular complexity index is 1480. The highest BCUT2D eigenvalue weighted by atomic mass is 32.1. The molecule has 5 aromatic rings. The van der Waals surface area contributed by atoms with E-state index in [1.165, 1.54) is 0 Å². The summed E-state index contributed by atoms with van der Waals surface area (Å²) in [5, 5.41) is 3.13. The van der Waals surface area contributed by atoms with Crippen LogP contribution in [0.1, 0.15) is 21.1 Å². The van der Waals surface area contributed by atoms with Gasteiger partial charge in [0.2, 0.25) is 0 Å². The van der Waals surface area contributed by atoms with Crippen LogP contribution < -0.4 is 4.90 Å². The summed E-state index contributed by atoms with van der Waals surface area (Å²) in [6.07, 6.45) is 9.45. The molecule has 0 radical (unpaired) electrons. The van der Waals surface area contributed by atoms with E-state index in [0.717, 1.165) is 46.4 Å². The molecule has 1 amide bonds. The maximum atomic E-state index is 13.6. The molecule has 0 spiro atoms. The molecule has 0 atom stereocenters. The zero-order valence-electron chi connectivity index (χ0n) is 19.4. The fraction of sp³-hybridized carbons (Fsp3) is 0.231. The van der Waals surface area contributed by atoms with E-state index in [9.17, 15) is 4.79 Å². The van der Waals surface area contributed by atoms with Crippen LogP contribution in [0.2, 0.25) is 0 Å². The summed E-state index contributed by atoms with van der Waals surface area (Å²) in [5.74, 6) is 0.0618. The van der Waals surface area contributed by atoms with Crippen LogP contribution in [0.4, 0.5) is 5.69 Å². The first kappa shape index (κ1) is 21.5. The number of carbonyl (C=O) groups is 1. The molecule has 0 aliphatic carbocycles. The van der Waals surface area contributed by atoms with Crippen molar-refractivity contribution in [1.82, 2.24) is 28.8 Å². The Kier molecular flexibility index (Phi) is 5.54. The number of anilines is 1. The van der Waals surface area contributed by atoms with E-state index < -0.39 is 0 Å². The van der Waals surface area contributed by atoms with Gasteiger partial charge in [-0.1, -0.05) is 6.07 Å². The second kappa shape index (κ2) is 8.99. The van der Waals surface area contributed by atoms with Crippen molar-refractivity contribution >= 4 is 28.4 Å². The van der Waals surface area contributed by atoms with Gasteiger partial charge in [0.15, 0.2) is 0 Å². The summed E-state index contributed by atoms with van der Waals surface area (Å²) in [6.45, 7) is 5.65. The number of hydrogen-bond acceptors (Lipinski definition) is 6. The average molecular weight is 484 g/mol. The number of pyridine rings is 2. The number of imidazole rings is 1. The first-order chi connectivity index (χ1) is 17.2. The number of amides is 1. The van der Waals surface area contributed by atoms with E-state index in [1.54, 1.807) is 23.7 Å². The van der Waals surface area contributed by atoms with Crippen LogP contribution in [-0.4, -0.2) is 60.9 Å². The van der Waals surface area contributed by atoms with Gasteiger partial charge in [0.05, 0.1) is 40.3 Å². The standard InChI is InChI=1S/C26H25N7OS/c1-19-29-20(17-35-19)15-30-16-23(28-18-30)25-14-22(24-4-2-3-9-33(24)25)26(34)32-12-10-31(11-13-32)21-5-7-27-8-6-21/h2-9,14,16-18H,10-13,15H2,1H3. The van der Waals surface area contributed by atoms with E-state index in [1.807, 2.05) is 71.5 Å². The molecule has 6 rings (SSSR count). The lowest BCUT2D eigenvalue weighted by atomic mass is 10.2. The quantitative estimate of drug-likeness (QED) is 0.378. The van der Waals surface area contributed by atoms with Gasteiger partial charge in [-0.15, -0.1) is 11.3 Å². The lowest BCUT2D eigenvalue weighted by molar-refractivity contribution is 0.0749. The maximum absolute atomic E-state index is 13.6. The molecular weight excluding hydrogens is 458 g/mol. The molecule has 6 heterocycles. The minimum atomic E-state index is 0.0618. The number of nitrogens with zero attached hydrogens (tertiary/aromatic N) is 7. The van der Waals surface area contributed by atoms with Crippen molar-refractivity contribution in [2.75, 3.05) is 31.1 Å². The van der Waals surface area contributed by atoms with Crippen molar-refractivity contribution in [2.24, 2.45) is 0 Å². The number of hydrogen-bond donors (Lipinski definition) is 0. The highest BCUT2D eigenvalue weighted by molar-refractivity contribution is 7.09. The Labute approximate surface area is 207 Å². The van der Waals surface area contributed by atoms with Crippen molar-refractivity contribution in [2.45, 2.75) is 13.5 Å². The van der Waals surface area contributed by atoms with Gasteiger partial charge in [-0.25, -0.2) is 9.97 Å². The van der Waals surface area contributed by atoms with Gasteiger partial charge >= 0.3 is 0 Å². The minimum Gasteiger partial charge on any atom is -0.368 e. The SMILES string of the molecule is Cc1nc(Cn2cnc(-c3cc(C(=O)N4CCN(c5ccncc5)CC4)c4ccccn34)c2)cs1. The van der Waals surface area contributed by atoms with Gasteiger partial charge in [-0.05, 0) is 37.3 Å². The van der Waals surface area contributed by atoms with Crippen molar-refractivity contribution in [3.63, 3.8) is 0 Å². The molecule has 1 fully saturated rings. The Hall–Kier alpha value is -3.98. The first-order valence-corrected chi connectivity index (χ1v) is 12.5. The molecule has 0 N–H and O–H groups in total. The van der Waals surface area contributed by atoms with Gasteiger partial charge in [-0.3, -0.25) is 9.78 Å². The second-order valence-corrected chi connectivity index (χ2v) is 9.74. The van der Waals surface area contributed by atoms with Crippen LogP contribution >= 0.6 is 11.3 Å². The Morgan fingerprint density at radius 1 is 1.09 bits per heavy atom. The van der Waals surface area contributed by atoms with Gasteiger partial charge in [0, 0.05) is 62.0 Å². The van der Waals surface area contributed by atoms with Crippen molar-refractivity contribution in [3.8, 4) is 11.4 Å². The number of aryl methyl sites for hydroxylation is 1. The molecule has 9 heteroatoms. The Morgan fingerprint density at radius 2 is 1.91 bits per heavy atom. The predicted molar refractivity (Wildman–Crippen MR) is 137 cm³/mol. The molecule has 1 aliphatic rings. The first-order valence-electron chi connectivity index (χ1n) is 11.6. The summed E-state index contributed by atoms with van der Waals surface area (Å²) >= 11 is 1.65. The summed E-state index contributed by atoms with van der Waals surface area (Å²) in [5.41, 5.74) is 5.52. The highest BCUT2D eigenvalue weighted by Gasteiger charge is 2.26. The summed E-state index contributed by atoms with van der Waals surface area (Å²) in [6, 6.07) is 12.0. The summed E-state index contributed by atoms with van der Waals surface area (Å²) in [4.78, 5) is 31.1. The number of thiazole rings is 1.